The summed E-state index contributed by atoms with van der Waals surface area (Å²) in [5.41, 5.74) is 8.23. The summed E-state index contributed by atoms with van der Waals surface area (Å²) in [6, 6.07) is 5.34. The number of fused-ring (bicyclic) bond motifs is 1. The van der Waals surface area contributed by atoms with Gasteiger partial charge in [-0.05, 0) is 32.0 Å². The quantitative estimate of drug-likeness (QED) is 0.286. The van der Waals surface area contributed by atoms with E-state index in [1.54, 1.807) is 13.0 Å². The van der Waals surface area contributed by atoms with Crippen LogP contribution in [0.15, 0.2) is 42.9 Å². The summed E-state index contributed by atoms with van der Waals surface area (Å²) < 4.78 is 22.8. The molecule has 1 aromatic rings. The van der Waals surface area contributed by atoms with Crippen LogP contribution in [0, 0.1) is 0 Å². The van der Waals surface area contributed by atoms with Crippen molar-refractivity contribution < 1.29 is 23.7 Å². The van der Waals surface area contributed by atoms with Crippen molar-refractivity contribution in [2.45, 2.75) is 32.4 Å². The van der Waals surface area contributed by atoms with Crippen LogP contribution in [-0.2, 0) is 14.2 Å². The van der Waals surface area contributed by atoms with Crippen molar-refractivity contribution >= 4 is 5.78 Å². The lowest BCUT2D eigenvalue weighted by molar-refractivity contribution is -0.0102. The Morgan fingerprint density at radius 1 is 1.13 bits per heavy atom. The lowest BCUT2D eigenvalue weighted by atomic mass is 9.94. The molecule has 0 saturated heterocycles. The number of ether oxygens (including phenoxy) is 4. The van der Waals surface area contributed by atoms with Crippen LogP contribution in [0.1, 0.15) is 42.2 Å². The van der Waals surface area contributed by atoms with Crippen molar-refractivity contribution in [1.82, 2.24) is 10.6 Å². The van der Waals surface area contributed by atoms with Crippen LogP contribution in [0.4, 0.5) is 0 Å². The van der Waals surface area contributed by atoms with Crippen molar-refractivity contribution in [3.05, 3.63) is 54.0 Å². The van der Waals surface area contributed by atoms with Crippen LogP contribution >= 0.6 is 0 Å². The van der Waals surface area contributed by atoms with E-state index in [-0.39, 0.29) is 17.9 Å². The number of Topliss-reactive ketones (excluding diaryl/α,β-unsaturated/α-hetero) is 1. The number of carbonyl (C=O) groups is 1. The van der Waals surface area contributed by atoms with Gasteiger partial charge in [0.05, 0.1) is 51.5 Å². The normalized spacial score (nSPS) is 17.4. The Morgan fingerprint density at radius 3 is 2.45 bits per heavy atom. The molecule has 0 spiro atoms. The van der Waals surface area contributed by atoms with Gasteiger partial charge in [0.2, 0.25) is 0 Å². The number of ketones is 1. The van der Waals surface area contributed by atoms with Gasteiger partial charge in [-0.15, -0.1) is 0 Å². The number of rotatable bonds is 15. The molecule has 1 heterocycles. The van der Waals surface area contributed by atoms with Crippen LogP contribution < -0.4 is 21.1 Å². The van der Waals surface area contributed by atoms with Gasteiger partial charge in [0, 0.05) is 29.8 Å². The van der Waals surface area contributed by atoms with E-state index in [2.05, 4.69) is 23.8 Å². The van der Waals surface area contributed by atoms with Crippen molar-refractivity contribution in [2.75, 3.05) is 46.2 Å². The van der Waals surface area contributed by atoms with Gasteiger partial charge in [0.15, 0.2) is 5.78 Å². The number of benzene rings is 1. The SMILES string of the molecule is C=C(C)NCCOCCOCCOC[C@@H]1C[C@@H](NC(=C)N)c2cc(C(C)=O)ccc2O1. The Balaban J connectivity index is 1.69. The first-order valence-electron chi connectivity index (χ1n) is 10.5. The fourth-order valence-electron chi connectivity index (χ4n) is 3.22. The second-order valence-electron chi connectivity index (χ2n) is 7.51. The molecule has 0 unspecified atom stereocenters. The van der Waals surface area contributed by atoms with E-state index in [1.165, 1.54) is 0 Å². The number of nitrogens with two attached hydrogens (primary N) is 1. The maximum absolute atomic E-state index is 11.7. The maximum atomic E-state index is 11.7. The largest absolute Gasteiger partial charge is 0.488 e. The molecule has 1 aromatic carbocycles. The summed E-state index contributed by atoms with van der Waals surface area (Å²) in [6.45, 7) is 14.8. The average Bonchev–Trinajstić information content (AvgIpc) is 2.71. The zero-order chi connectivity index (χ0) is 22.6. The molecule has 2 rings (SSSR count). The van der Waals surface area contributed by atoms with Gasteiger partial charge in [-0.25, -0.2) is 0 Å². The molecule has 2 atom stereocenters. The van der Waals surface area contributed by atoms with Gasteiger partial charge < -0.3 is 35.3 Å². The Bertz CT molecular complexity index is 753. The molecule has 0 aliphatic carbocycles. The summed E-state index contributed by atoms with van der Waals surface area (Å²) in [5.74, 6) is 1.10. The van der Waals surface area contributed by atoms with Crippen LogP contribution in [0.25, 0.3) is 0 Å². The van der Waals surface area contributed by atoms with Gasteiger partial charge in [-0.3, -0.25) is 4.79 Å². The third-order valence-corrected chi connectivity index (χ3v) is 4.66. The van der Waals surface area contributed by atoms with Crippen LogP contribution in [0.3, 0.4) is 0 Å². The average molecular weight is 434 g/mol. The van der Waals surface area contributed by atoms with Crippen molar-refractivity contribution in [3.8, 4) is 5.75 Å². The molecule has 0 aromatic heterocycles. The summed E-state index contributed by atoms with van der Waals surface area (Å²) in [5, 5.41) is 6.27. The Labute approximate surface area is 184 Å². The molecule has 1 aliphatic heterocycles. The molecule has 0 radical (unpaired) electrons. The van der Waals surface area contributed by atoms with Crippen molar-refractivity contribution in [1.29, 1.82) is 0 Å². The Kier molecular flexibility index (Phi) is 10.4. The highest BCUT2D eigenvalue weighted by atomic mass is 16.6. The first-order valence-corrected chi connectivity index (χ1v) is 10.5. The van der Waals surface area contributed by atoms with Crippen LogP contribution in [0.2, 0.25) is 0 Å². The highest BCUT2D eigenvalue weighted by Crippen LogP contribution is 2.36. The fourth-order valence-corrected chi connectivity index (χ4v) is 3.22. The van der Waals surface area contributed by atoms with Gasteiger partial charge in [-0.1, -0.05) is 13.2 Å². The second kappa shape index (κ2) is 13.0. The molecule has 8 nitrogen and oxygen atoms in total. The molecule has 8 heteroatoms. The number of allylic oxidation sites excluding steroid dienone is 1. The zero-order valence-electron chi connectivity index (χ0n) is 18.6. The first-order chi connectivity index (χ1) is 14.9. The highest BCUT2D eigenvalue weighted by molar-refractivity contribution is 5.94. The van der Waals surface area contributed by atoms with Gasteiger partial charge in [0.1, 0.15) is 11.9 Å². The molecule has 31 heavy (non-hydrogen) atoms. The minimum Gasteiger partial charge on any atom is -0.488 e. The fraction of sp³-hybridized carbons (Fsp3) is 0.522. The van der Waals surface area contributed by atoms with Gasteiger partial charge in [0.25, 0.3) is 0 Å². The number of nitrogens with one attached hydrogen (secondary N) is 2. The Morgan fingerprint density at radius 2 is 1.81 bits per heavy atom. The number of hydrogen-bond donors (Lipinski definition) is 3. The molecular weight excluding hydrogens is 398 g/mol. The van der Waals surface area contributed by atoms with Crippen LogP contribution in [0.5, 0.6) is 5.75 Å². The number of hydrogen-bond acceptors (Lipinski definition) is 8. The monoisotopic (exact) mass is 433 g/mol. The predicted molar refractivity (Wildman–Crippen MR) is 120 cm³/mol. The van der Waals surface area contributed by atoms with Gasteiger partial charge in [-0.2, -0.15) is 0 Å². The third kappa shape index (κ3) is 9.00. The van der Waals surface area contributed by atoms with Crippen molar-refractivity contribution in [3.63, 3.8) is 0 Å². The minimum atomic E-state index is -0.142. The molecule has 1 aliphatic rings. The zero-order valence-corrected chi connectivity index (χ0v) is 18.6. The first kappa shape index (κ1) is 24.7. The summed E-state index contributed by atoms with van der Waals surface area (Å²) in [6.07, 6.45) is 0.508. The topological polar surface area (TPSA) is 104 Å². The van der Waals surface area contributed by atoms with Gasteiger partial charge >= 0.3 is 0 Å². The maximum Gasteiger partial charge on any atom is 0.159 e. The van der Waals surface area contributed by atoms with E-state index in [0.29, 0.717) is 57.4 Å². The van der Waals surface area contributed by atoms with E-state index in [0.717, 1.165) is 23.6 Å². The standard InChI is InChI=1S/C23H35N3O5/c1-16(2)25-7-8-28-9-10-29-11-12-30-15-20-14-22(26-18(4)24)21-13-19(17(3)27)5-6-23(21)31-20/h5-6,13,20,22,25-26H,1,4,7-12,14-15,24H2,2-3H3/t20-,22+/m0/s1. The molecular formula is C23H35N3O5. The van der Waals surface area contributed by atoms with E-state index < -0.39 is 0 Å². The van der Waals surface area contributed by atoms with Crippen molar-refractivity contribution in [2.24, 2.45) is 5.73 Å². The molecule has 0 amide bonds. The predicted octanol–water partition coefficient (Wildman–Crippen LogP) is 2.27. The molecule has 0 saturated carbocycles. The molecule has 0 fully saturated rings. The van der Waals surface area contributed by atoms with E-state index in [1.807, 2.05) is 19.1 Å². The molecule has 0 bridgehead atoms. The highest BCUT2D eigenvalue weighted by Gasteiger charge is 2.29. The van der Waals surface area contributed by atoms with E-state index in [9.17, 15) is 4.79 Å². The minimum absolute atomic E-state index is 0.00695. The molecule has 172 valence electrons. The third-order valence-electron chi connectivity index (χ3n) is 4.66. The summed E-state index contributed by atoms with van der Waals surface area (Å²) >= 11 is 0. The number of carbonyl (C=O) groups excluding carboxylic acids is 1. The lowest BCUT2D eigenvalue weighted by Crippen LogP contribution is -2.36. The van der Waals surface area contributed by atoms with Crippen LogP contribution in [-0.4, -0.2) is 58.1 Å². The smallest absolute Gasteiger partial charge is 0.159 e. The summed E-state index contributed by atoms with van der Waals surface area (Å²) in [4.78, 5) is 11.7. The second-order valence-corrected chi connectivity index (χ2v) is 7.51. The van der Waals surface area contributed by atoms with E-state index >= 15 is 0 Å². The Hall–Kier alpha value is -2.55. The molecule has 4 N–H and O–H groups in total. The summed E-state index contributed by atoms with van der Waals surface area (Å²) in [7, 11) is 0. The lowest BCUT2D eigenvalue weighted by Gasteiger charge is -2.33. The van der Waals surface area contributed by atoms with E-state index in [4.69, 9.17) is 24.7 Å².